The van der Waals surface area contributed by atoms with Gasteiger partial charge in [0.1, 0.15) is 0 Å². The maximum absolute atomic E-state index is 12.9. The molecule has 3 rings (SSSR count). The number of nitrogens with zero attached hydrogens (tertiary/aromatic N) is 1. The van der Waals surface area contributed by atoms with E-state index in [0.717, 1.165) is 38.0 Å². The molecule has 2 bridgehead atoms. The zero-order chi connectivity index (χ0) is 16.4. The number of rotatable bonds is 3. The quantitative estimate of drug-likeness (QED) is 0.880. The average molecular weight is 352 g/mol. The molecule has 6 heteroatoms. The average Bonchev–Trinajstić information content (AvgIpc) is 2.80. The Morgan fingerprint density at radius 1 is 1.12 bits per heavy atom. The molecule has 2 N–H and O–H groups in total. The molecule has 0 spiro atoms. The van der Waals surface area contributed by atoms with Crippen molar-refractivity contribution in [1.29, 1.82) is 0 Å². The van der Waals surface area contributed by atoms with E-state index in [9.17, 15) is 9.59 Å². The van der Waals surface area contributed by atoms with Crippen molar-refractivity contribution in [3.05, 3.63) is 29.8 Å². The number of carbonyl (C=O) groups is 2. The van der Waals surface area contributed by atoms with Crippen LogP contribution in [0.2, 0.25) is 0 Å². The van der Waals surface area contributed by atoms with Crippen molar-refractivity contribution < 1.29 is 9.59 Å². The van der Waals surface area contributed by atoms with E-state index in [1.54, 1.807) is 0 Å². The van der Waals surface area contributed by atoms with Gasteiger partial charge in [0.15, 0.2) is 0 Å². The van der Waals surface area contributed by atoms with Gasteiger partial charge in [-0.05, 0) is 50.1 Å². The van der Waals surface area contributed by atoms with Crippen LogP contribution in [0.3, 0.4) is 0 Å². The molecule has 132 valence electrons. The maximum atomic E-state index is 12.9. The first kappa shape index (κ1) is 18.7. The summed E-state index contributed by atoms with van der Waals surface area (Å²) in [5.41, 5.74) is 1.44. The molecule has 2 amide bonds. The van der Waals surface area contributed by atoms with Crippen LogP contribution in [-0.4, -0.2) is 41.9 Å². The zero-order valence-corrected chi connectivity index (χ0v) is 15.1. The predicted octanol–water partition coefficient (Wildman–Crippen LogP) is 2.67. The first-order valence-electron chi connectivity index (χ1n) is 8.50. The third kappa shape index (κ3) is 3.90. The Bertz CT molecular complexity index is 574. The lowest BCUT2D eigenvalue weighted by Gasteiger charge is -2.28. The second-order valence-corrected chi connectivity index (χ2v) is 6.81. The van der Waals surface area contributed by atoms with Gasteiger partial charge in [-0.25, -0.2) is 0 Å². The van der Waals surface area contributed by atoms with Gasteiger partial charge in [-0.1, -0.05) is 13.8 Å². The normalized spacial score (nSPS) is 22.7. The molecule has 1 aromatic rings. The molecule has 2 saturated heterocycles. The van der Waals surface area contributed by atoms with Crippen LogP contribution < -0.4 is 10.6 Å². The smallest absolute Gasteiger partial charge is 0.254 e. The molecule has 0 aromatic heterocycles. The number of benzene rings is 1. The summed E-state index contributed by atoms with van der Waals surface area (Å²) in [7, 11) is 0. The third-order valence-electron chi connectivity index (χ3n) is 4.81. The summed E-state index contributed by atoms with van der Waals surface area (Å²) in [4.78, 5) is 26.7. The van der Waals surface area contributed by atoms with E-state index in [-0.39, 0.29) is 30.1 Å². The largest absolute Gasteiger partial charge is 0.331 e. The van der Waals surface area contributed by atoms with E-state index in [0.29, 0.717) is 17.6 Å². The zero-order valence-electron chi connectivity index (χ0n) is 14.2. The summed E-state index contributed by atoms with van der Waals surface area (Å²) in [6.45, 7) is 5.60. The van der Waals surface area contributed by atoms with Gasteiger partial charge in [0, 0.05) is 35.8 Å². The molecule has 5 nitrogen and oxygen atoms in total. The number of hydrogen-bond acceptors (Lipinski definition) is 3. The van der Waals surface area contributed by atoms with Crippen molar-refractivity contribution in [3.63, 3.8) is 0 Å². The summed E-state index contributed by atoms with van der Waals surface area (Å²) in [5, 5.41) is 6.27. The monoisotopic (exact) mass is 351 g/mol. The Morgan fingerprint density at radius 2 is 1.79 bits per heavy atom. The summed E-state index contributed by atoms with van der Waals surface area (Å²) < 4.78 is 0. The molecule has 24 heavy (non-hydrogen) atoms. The highest BCUT2D eigenvalue weighted by Crippen LogP contribution is 2.29. The fraction of sp³-hybridized carbons (Fsp3) is 0.556. The van der Waals surface area contributed by atoms with Gasteiger partial charge in [0.25, 0.3) is 5.91 Å². The van der Waals surface area contributed by atoms with Gasteiger partial charge >= 0.3 is 0 Å². The topological polar surface area (TPSA) is 61.4 Å². The minimum Gasteiger partial charge on any atom is -0.331 e. The Balaban J connectivity index is 0.00000208. The summed E-state index contributed by atoms with van der Waals surface area (Å²) in [5.74, 6) is 0.0418. The fourth-order valence-electron chi connectivity index (χ4n) is 3.45. The molecule has 2 aliphatic heterocycles. The molecule has 2 fully saturated rings. The van der Waals surface area contributed by atoms with Crippen molar-refractivity contribution in [3.8, 4) is 0 Å². The van der Waals surface area contributed by atoms with Gasteiger partial charge in [-0.15, -0.1) is 12.4 Å². The van der Waals surface area contributed by atoms with Crippen molar-refractivity contribution in [2.24, 2.45) is 5.92 Å². The summed E-state index contributed by atoms with van der Waals surface area (Å²) >= 11 is 0. The van der Waals surface area contributed by atoms with E-state index in [1.165, 1.54) is 0 Å². The van der Waals surface area contributed by atoms with Crippen LogP contribution in [0.4, 0.5) is 5.69 Å². The summed E-state index contributed by atoms with van der Waals surface area (Å²) in [6.07, 6.45) is 3.23. The molecular formula is C18H26ClN3O2. The van der Waals surface area contributed by atoms with E-state index in [4.69, 9.17) is 0 Å². The number of amides is 2. The Morgan fingerprint density at radius 3 is 2.46 bits per heavy atom. The van der Waals surface area contributed by atoms with Crippen molar-refractivity contribution >= 4 is 29.9 Å². The molecule has 0 saturated carbocycles. The predicted molar refractivity (Wildman–Crippen MR) is 97.6 cm³/mol. The van der Waals surface area contributed by atoms with Crippen LogP contribution in [0, 0.1) is 5.92 Å². The van der Waals surface area contributed by atoms with Crippen LogP contribution in [-0.2, 0) is 4.79 Å². The molecule has 0 aliphatic carbocycles. The van der Waals surface area contributed by atoms with E-state index in [1.807, 2.05) is 38.1 Å². The van der Waals surface area contributed by atoms with Gasteiger partial charge < -0.3 is 15.5 Å². The van der Waals surface area contributed by atoms with Gasteiger partial charge in [-0.2, -0.15) is 0 Å². The van der Waals surface area contributed by atoms with E-state index >= 15 is 0 Å². The maximum Gasteiger partial charge on any atom is 0.254 e. The fourth-order valence-corrected chi connectivity index (χ4v) is 3.45. The number of nitrogens with one attached hydrogen (secondary N) is 2. The van der Waals surface area contributed by atoms with Crippen LogP contribution in [0.25, 0.3) is 0 Å². The number of fused-ring (bicyclic) bond motifs is 2. The number of hydrogen-bond donors (Lipinski definition) is 2. The van der Waals surface area contributed by atoms with Crippen molar-refractivity contribution in [2.45, 2.75) is 45.2 Å². The summed E-state index contributed by atoms with van der Waals surface area (Å²) in [6, 6.07) is 7.93. The lowest BCUT2D eigenvalue weighted by molar-refractivity contribution is -0.118. The SMILES string of the molecule is CC(C)C(=O)Nc1ccc(C(=O)N2C3CCNCC2CC3)cc1.Cl. The number of halogens is 1. The minimum absolute atomic E-state index is 0. The van der Waals surface area contributed by atoms with Crippen LogP contribution >= 0.6 is 12.4 Å². The van der Waals surface area contributed by atoms with Gasteiger partial charge in [0.05, 0.1) is 0 Å². The standard InChI is InChI=1S/C18H25N3O2.ClH/c1-12(2)17(22)20-14-5-3-13(4-6-14)18(23)21-15-7-8-16(21)11-19-10-9-15;/h3-6,12,15-16,19H,7-11H2,1-2H3,(H,20,22);1H. The molecular weight excluding hydrogens is 326 g/mol. The first-order chi connectivity index (χ1) is 11.1. The van der Waals surface area contributed by atoms with Gasteiger partial charge in [-0.3, -0.25) is 9.59 Å². The van der Waals surface area contributed by atoms with E-state index < -0.39 is 0 Å². The highest BCUT2D eigenvalue weighted by Gasteiger charge is 2.38. The molecule has 1 aromatic carbocycles. The Kier molecular flexibility index (Phi) is 6.24. The second kappa shape index (κ2) is 7.99. The van der Waals surface area contributed by atoms with Crippen molar-refractivity contribution in [1.82, 2.24) is 10.2 Å². The highest BCUT2D eigenvalue weighted by molar-refractivity contribution is 5.96. The van der Waals surface area contributed by atoms with Crippen molar-refractivity contribution in [2.75, 3.05) is 18.4 Å². The molecule has 2 heterocycles. The molecule has 0 radical (unpaired) electrons. The number of anilines is 1. The number of carbonyl (C=O) groups excluding carboxylic acids is 2. The lowest BCUT2D eigenvalue weighted by atomic mass is 10.1. The van der Waals surface area contributed by atoms with Crippen LogP contribution in [0.1, 0.15) is 43.5 Å². The lowest BCUT2D eigenvalue weighted by Crippen LogP contribution is -2.42. The Hall–Kier alpha value is -1.59. The van der Waals surface area contributed by atoms with Crippen LogP contribution in [0.15, 0.2) is 24.3 Å². The first-order valence-corrected chi connectivity index (χ1v) is 8.50. The second-order valence-electron chi connectivity index (χ2n) is 6.81. The van der Waals surface area contributed by atoms with Crippen LogP contribution in [0.5, 0.6) is 0 Å². The Labute approximate surface area is 149 Å². The van der Waals surface area contributed by atoms with E-state index in [2.05, 4.69) is 15.5 Å². The van der Waals surface area contributed by atoms with Gasteiger partial charge in [0.2, 0.25) is 5.91 Å². The molecule has 2 unspecified atom stereocenters. The minimum atomic E-state index is -0.0588. The third-order valence-corrected chi connectivity index (χ3v) is 4.81. The molecule has 2 aliphatic rings. The molecule has 2 atom stereocenters. The highest BCUT2D eigenvalue weighted by atomic mass is 35.5.